The predicted octanol–water partition coefficient (Wildman–Crippen LogP) is 1.73. The Labute approximate surface area is 120 Å². The van der Waals surface area contributed by atoms with Gasteiger partial charge in [-0.15, -0.1) is 0 Å². The van der Waals surface area contributed by atoms with E-state index in [2.05, 4.69) is 10.5 Å². The molecule has 0 aliphatic rings. The van der Waals surface area contributed by atoms with Crippen molar-refractivity contribution < 1.29 is 10.3 Å². The number of aryl methyl sites for hydroxylation is 1. The molecule has 1 aromatic carbocycles. The molecule has 0 heterocycles. The highest BCUT2D eigenvalue weighted by atomic mass is 16.4. The molecule has 0 atom stereocenters. The van der Waals surface area contributed by atoms with Crippen molar-refractivity contribution in [2.75, 3.05) is 13.2 Å². The van der Waals surface area contributed by atoms with Crippen LogP contribution in [0.25, 0.3) is 0 Å². The lowest BCUT2D eigenvalue weighted by atomic mass is 10.0. The van der Waals surface area contributed by atoms with E-state index in [4.69, 9.17) is 16.0 Å². The van der Waals surface area contributed by atoms with Gasteiger partial charge in [-0.25, -0.2) is 0 Å². The van der Waals surface area contributed by atoms with Crippen LogP contribution in [0, 0.1) is 6.92 Å². The summed E-state index contributed by atoms with van der Waals surface area (Å²) in [7, 11) is 0. The Morgan fingerprint density at radius 3 is 2.65 bits per heavy atom. The lowest BCUT2D eigenvalue weighted by Gasteiger charge is -2.09. The summed E-state index contributed by atoms with van der Waals surface area (Å²) in [5, 5.41) is 23.7. The van der Waals surface area contributed by atoms with Gasteiger partial charge in [-0.1, -0.05) is 30.1 Å². The van der Waals surface area contributed by atoms with E-state index >= 15 is 0 Å². The van der Waals surface area contributed by atoms with Crippen molar-refractivity contribution in [3.63, 3.8) is 0 Å². The summed E-state index contributed by atoms with van der Waals surface area (Å²) in [4.78, 5) is 0. The molecule has 20 heavy (non-hydrogen) atoms. The van der Waals surface area contributed by atoms with Crippen LogP contribution in [0.5, 0.6) is 0 Å². The van der Waals surface area contributed by atoms with Crippen LogP contribution in [0.3, 0.4) is 0 Å². The molecule has 0 bridgehead atoms. The zero-order valence-electron chi connectivity index (χ0n) is 12.1. The third-order valence-electron chi connectivity index (χ3n) is 3.32. The number of nitrogens with two attached hydrogens (primary N) is 1. The first kappa shape index (κ1) is 16.5. The molecule has 1 aromatic rings. The van der Waals surface area contributed by atoms with Crippen molar-refractivity contribution in [3.05, 3.63) is 34.9 Å². The van der Waals surface area contributed by atoms with Crippen molar-refractivity contribution in [1.82, 2.24) is 5.32 Å². The maximum atomic E-state index is 8.68. The molecular weight excluding hydrogens is 254 g/mol. The normalized spacial score (nSPS) is 11.8. The molecule has 0 radical (unpaired) electrons. The molecule has 0 aliphatic heterocycles. The summed E-state index contributed by atoms with van der Waals surface area (Å²) in [6.07, 6.45) is 4.26. The molecule has 0 aromatic heterocycles. The summed E-state index contributed by atoms with van der Waals surface area (Å²) in [6.45, 7) is 4.11. The van der Waals surface area contributed by atoms with Crippen LogP contribution in [-0.2, 0) is 6.54 Å². The van der Waals surface area contributed by atoms with Crippen LogP contribution in [0.4, 0.5) is 0 Å². The van der Waals surface area contributed by atoms with E-state index in [0.29, 0.717) is 6.61 Å². The first-order valence-electron chi connectivity index (χ1n) is 7.08. The Bertz CT molecular complexity index is 433. The Kier molecular flexibility index (Phi) is 7.69. The number of benzene rings is 1. The molecule has 0 unspecified atom stereocenters. The number of hydrogen-bond acceptors (Lipinski definition) is 4. The first-order chi connectivity index (χ1) is 9.69. The molecule has 0 fully saturated rings. The van der Waals surface area contributed by atoms with Gasteiger partial charge in [0, 0.05) is 18.7 Å². The van der Waals surface area contributed by atoms with Gasteiger partial charge in [0.2, 0.25) is 0 Å². The molecular formula is C15H25N3O2. The minimum Gasteiger partial charge on any atom is -0.409 e. The maximum absolute atomic E-state index is 8.68. The van der Waals surface area contributed by atoms with Gasteiger partial charge in [-0.2, -0.15) is 0 Å². The SMILES string of the molecule is Cc1cc(/C(N)=N/O)ccc1CNCCCCCCO. The second-order valence-electron chi connectivity index (χ2n) is 4.94. The summed E-state index contributed by atoms with van der Waals surface area (Å²) in [6, 6.07) is 5.79. The number of aliphatic hydroxyl groups is 1. The van der Waals surface area contributed by atoms with Crippen LogP contribution >= 0.6 is 0 Å². The second kappa shape index (κ2) is 9.34. The third kappa shape index (κ3) is 5.59. The number of nitrogens with one attached hydrogen (secondary N) is 1. The van der Waals surface area contributed by atoms with Crippen LogP contribution in [0.2, 0.25) is 0 Å². The van der Waals surface area contributed by atoms with Gasteiger partial charge in [0.15, 0.2) is 5.84 Å². The molecule has 5 heteroatoms. The molecule has 0 aliphatic carbocycles. The monoisotopic (exact) mass is 279 g/mol. The highest BCUT2D eigenvalue weighted by molar-refractivity contribution is 5.97. The maximum Gasteiger partial charge on any atom is 0.170 e. The number of unbranched alkanes of at least 4 members (excludes halogenated alkanes) is 3. The highest BCUT2D eigenvalue weighted by Gasteiger charge is 2.03. The Hall–Kier alpha value is -1.59. The van der Waals surface area contributed by atoms with Gasteiger partial charge in [-0.3, -0.25) is 0 Å². The zero-order chi connectivity index (χ0) is 14.8. The Morgan fingerprint density at radius 2 is 2.00 bits per heavy atom. The fourth-order valence-corrected chi connectivity index (χ4v) is 2.05. The summed E-state index contributed by atoms with van der Waals surface area (Å²) in [5.41, 5.74) is 8.64. The van der Waals surface area contributed by atoms with Crippen LogP contribution < -0.4 is 11.1 Å². The molecule has 5 N–H and O–H groups in total. The molecule has 112 valence electrons. The fourth-order valence-electron chi connectivity index (χ4n) is 2.05. The molecule has 0 saturated heterocycles. The zero-order valence-corrected chi connectivity index (χ0v) is 12.1. The Balaban J connectivity index is 2.34. The smallest absolute Gasteiger partial charge is 0.170 e. The quantitative estimate of drug-likeness (QED) is 0.182. The van der Waals surface area contributed by atoms with Gasteiger partial charge >= 0.3 is 0 Å². The number of rotatable bonds is 9. The topological polar surface area (TPSA) is 90.9 Å². The van der Waals surface area contributed by atoms with Gasteiger partial charge in [-0.05, 0) is 43.5 Å². The van der Waals surface area contributed by atoms with E-state index in [1.807, 2.05) is 25.1 Å². The summed E-state index contributed by atoms with van der Waals surface area (Å²) in [5.74, 6) is 0.136. The second-order valence-corrected chi connectivity index (χ2v) is 4.94. The van der Waals surface area contributed by atoms with E-state index in [1.165, 1.54) is 5.56 Å². The van der Waals surface area contributed by atoms with Crippen LogP contribution in [0.15, 0.2) is 23.4 Å². The van der Waals surface area contributed by atoms with Gasteiger partial charge in [0.25, 0.3) is 0 Å². The standard InChI is InChI=1S/C15H25N3O2/c1-12-10-13(15(16)18-20)6-7-14(12)11-17-8-4-2-3-5-9-19/h6-7,10,17,19-20H,2-5,8-9,11H2,1H3,(H2,16,18). The minimum atomic E-state index is 0.136. The van der Waals surface area contributed by atoms with Gasteiger partial charge in [0.05, 0.1) is 0 Å². The van der Waals surface area contributed by atoms with E-state index in [-0.39, 0.29) is 5.84 Å². The largest absolute Gasteiger partial charge is 0.409 e. The van der Waals surface area contributed by atoms with Crippen molar-refractivity contribution in [1.29, 1.82) is 0 Å². The van der Waals surface area contributed by atoms with E-state index in [0.717, 1.165) is 49.9 Å². The van der Waals surface area contributed by atoms with E-state index in [9.17, 15) is 0 Å². The van der Waals surface area contributed by atoms with Crippen LogP contribution in [0.1, 0.15) is 42.4 Å². The molecule has 0 saturated carbocycles. The van der Waals surface area contributed by atoms with Gasteiger partial charge < -0.3 is 21.4 Å². The molecule has 1 rings (SSSR count). The van der Waals surface area contributed by atoms with E-state index in [1.54, 1.807) is 0 Å². The average Bonchev–Trinajstić information content (AvgIpc) is 2.46. The number of amidine groups is 1. The summed E-state index contributed by atoms with van der Waals surface area (Å²) < 4.78 is 0. The lowest BCUT2D eigenvalue weighted by Crippen LogP contribution is -2.17. The molecule has 5 nitrogen and oxygen atoms in total. The average molecular weight is 279 g/mol. The van der Waals surface area contributed by atoms with Crippen LogP contribution in [-0.4, -0.2) is 29.3 Å². The van der Waals surface area contributed by atoms with Crippen molar-refractivity contribution in [3.8, 4) is 0 Å². The van der Waals surface area contributed by atoms with Crippen molar-refractivity contribution in [2.45, 2.75) is 39.2 Å². The Morgan fingerprint density at radius 1 is 1.25 bits per heavy atom. The van der Waals surface area contributed by atoms with Crippen molar-refractivity contribution in [2.24, 2.45) is 10.9 Å². The lowest BCUT2D eigenvalue weighted by molar-refractivity contribution is 0.282. The van der Waals surface area contributed by atoms with Gasteiger partial charge in [0.1, 0.15) is 0 Å². The number of nitrogens with zero attached hydrogens (tertiary/aromatic N) is 1. The first-order valence-corrected chi connectivity index (χ1v) is 7.08. The molecule has 0 spiro atoms. The third-order valence-corrected chi connectivity index (χ3v) is 3.32. The fraction of sp³-hybridized carbons (Fsp3) is 0.533. The number of aliphatic hydroxyl groups excluding tert-OH is 1. The number of hydrogen-bond donors (Lipinski definition) is 4. The van der Waals surface area contributed by atoms with Crippen molar-refractivity contribution >= 4 is 5.84 Å². The number of oxime groups is 1. The minimum absolute atomic E-state index is 0.136. The summed E-state index contributed by atoms with van der Waals surface area (Å²) >= 11 is 0. The molecule has 0 amide bonds. The van der Waals surface area contributed by atoms with E-state index < -0.39 is 0 Å². The predicted molar refractivity (Wildman–Crippen MR) is 81.0 cm³/mol. The highest BCUT2D eigenvalue weighted by Crippen LogP contribution is 2.11.